The van der Waals surface area contributed by atoms with E-state index in [-0.39, 0.29) is 22.9 Å². The number of carbonyl (C=O) groups is 1. The number of rotatable bonds is 13. The number of ether oxygens (including phenoxy) is 1. The summed E-state index contributed by atoms with van der Waals surface area (Å²) in [4.78, 5) is 37.8. The van der Waals surface area contributed by atoms with Crippen molar-refractivity contribution in [1.82, 2.24) is 19.6 Å². The maximum Gasteiger partial charge on any atom is 0.293 e. The normalized spacial score (nSPS) is 24.8. The van der Waals surface area contributed by atoms with Gasteiger partial charge in [-0.25, -0.2) is 18.1 Å². The fraction of sp³-hybridized carbons (Fsp3) is 0.480. The van der Waals surface area contributed by atoms with Crippen molar-refractivity contribution in [3.05, 3.63) is 112 Å². The predicted molar refractivity (Wildman–Crippen MR) is 250 cm³/mol. The van der Waals surface area contributed by atoms with E-state index < -0.39 is 37.0 Å². The molecule has 3 saturated carbocycles. The van der Waals surface area contributed by atoms with Crippen LogP contribution in [0.3, 0.4) is 0 Å². The third-order valence-electron chi connectivity index (χ3n) is 15.2. The number of nitrogens with zero attached hydrogens (tertiary/aromatic N) is 4. The maximum absolute atomic E-state index is 14.0. The molecule has 3 aliphatic carbocycles. The van der Waals surface area contributed by atoms with Gasteiger partial charge >= 0.3 is 0 Å². The van der Waals surface area contributed by atoms with Crippen LogP contribution in [0.1, 0.15) is 118 Å². The summed E-state index contributed by atoms with van der Waals surface area (Å²) in [6.45, 7) is 7.51. The Morgan fingerprint density at radius 1 is 0.985 bits per heavy atom. The third kappa shape index (κ3) is 9.07. The number of fused-ring (bicyclic) bond motifs is 1. The molecule has 2 saturated heterocycles. The van der Waals surface area contributed by atoms with Gasteiger partial charge in [0.2, 0.25) is 0 Å². The number of anilines is 2. The summed E-state index contributed by atoms with van der Waals surface area (Å²) in [5, 5.41) is 26.4. The number of amides is 1. The van der Waals surface area contributed by atoms with Gasteiger partial charge in [0, 0.05) is 67.7 Å². The van der Waals surface area contributed by atoms with E-state index >= 15 is 0 Å². The summed E-state index contributed by atoms with van der Waals surface area (Å²) >= 11 is 0. The van der Waals surface area contributed by atoms with Crippen molar-refractivity contribution in [3.63, 3.8) is 0 Å². The Balaban J connectivity index is 0.835. The number of nitrogens with one attached hydrogen (secondary N) is 3. The van der Waals surface area contributed by atoms with Gasteiger partial charge in [-0.15, -0.1) is 0 Å². The average Bonchev–Trinajstić information content (AvgIpc) is 3.90. The number of hydrogen-bond acceptors (Lipinski definition) is 11. The minimum absolute atomic E-state index is 0.0151. The van der Waals surface area contributed by atoms with Gasteiger partial charge in [-0.1, -0.05) is 31.2 Å². The molecule has 65 heavy (non-hydrogen) atoms. The zero-order valence-electron chi connectivity index (χ0n) is 37.2. The van der Waals surface area contributed by atoms with Gasteiger partial charge in [0.15, 0.2) is 0 Å². The number of hydrogen-bond donors (Lipinski definition) is 4. The topological polar surface area (TPSA) is 183 Å². The van der Waals surface area contributed by atoms with E-state index in [0.29, 0.717) is 54.2 Å². The molecule has 2 aromatic heterocycles. The molecule has 5 fully saturated rings. The highest BCUT2D eigenvalue weighted by Crippen LogP contribution is 2.55. The summed E-state index contributed by atoms with van der Waals surface area (Å²) in [7, 11) is -4.56. The lowest BCUT2D eigenvalue weighted by molar-refractivity contribution is -0.384. The van der Waals surface area contributed by atoms with E-state index in [1.165, 1.54) is 44.2 Å². The van der Waals surface area contributed by atoms with Crippen LogP contribution in [0.15, 0.2) is 90.1 Å². The molecule has 342 valence electrons. The minimum atomic E-state index is -4.56. The van der Waals surface area contributed by atoms with Crippen molar-refractivity contribution >= 4 is 44.0 Å². The van der Waals surface area contributed by atoms with Crippen LogP contribution in [-0.2, 0) is 10.0 Å². The highest BCUT2D eigenvalue weighted by atomic mass is 32.2. The highest BCUT2D eigenvalue weighted by molar-refractivity contribution is 7.90. The molecule has 14 nitrogen and oxygen atoms in total. The largest absolute Gasteiger partial charge is 0.455 e. The van der Waals surface area contributed by atoms with Crippen LogP contribution >= 0.6 is 0 Å². The molecule has 4 heterocycles. The molecule has 0 bridgehead atoms. The van der Waals surface area contributed by atoms with E-state index in [4.69, 9.17) is 4.74 Å². The summed E-state index contributed by atoms with van der Waals surface area (Å²) in [6, 6.07) is 22.7. The summed E-state index contributed by atoms with van der Waals surface area (Å²) in [5.74, 6) is 1.22. The predicted octanol–water partition coefficient (Wildman–Crippen LogP) is 9.44. The van der Waals surface area contributed by atoms with E-state index in [9.17, 15) is 28.4 Å². The lowest BCUT2D eigenvalue weighted by Crippen LogP contribution is -2.55. The lowest BCUT2D eigenvalue weighted by atomic mass is 9.59. The fourth-order valence-corrected chi connectivity index (χ4v) is 12.2. The van der Waals surface area contributed by atoms with Crippen LogP contribution in [0, 0.1) is 27.4 Å². The minimum Gasteiger partial charge on any atom is -0.455 e. The van der Waals surface area contributed by atoms with Crippen molar-refractivity contribution in [2.24, 2.45) is 17.3 Å². The molecule has 2 unspecified atom stereocenters. The van der Waals surface area contributed by atoms with Crippen LogP contribution in [0.4, 0.5) is 17.1 Å². The van der Waals surface area contributed by atoms with Gasteiger partial charge in [-0.3, -0.25) is 19.8 Å². The van der Waals surface area contributed by atoms with E-state index in [1.54, 1.807) is 41.7 Å². The quantitative estimate of drug-likeness (QED) is 0.0652. The Hall–Kier alpha value is -5.51. The third-order valence-corrected chi connectivity index (χ3v) is 16.5. The second-order valence-electron chi connectivity index (χ2n) is 20.1. The number of nitro groups is 1. The number of aromatic amines is 1. The van der Waals surface area contributed by atoms with Crippen molar-refractivity contribution in [1.29, 1.82) is 0 Å². The zero-order valence-corrected chi connectivity index (χ0v) is 38.0. The SMILES string of the molecule is CC1CC(c2ccccc2C2CC2)N(C2CC3(CCN(c4ccc(C(=O)NS(=O)(=O)c5ccc(NCC6CCC(C)(O)CC6)c([N+](=O)[O-])c5)c(Oc5cnc6[nH]ccc6c5)c4)CC3)C2)C1. The average molecular weight is 902 g/mol. The molecule has 15 heteroatoms. The number of likely N-dealkylation sites (tertiary alicyclic amines) is 1. The second-order valence-corrected chi connectivity index (χ2v) is 21.7. The Labute approximate surface area is 380 Å². The molecule has 1 spiro atoms. The number of carbonyl (C=O) groups excluding carboxylic acids is 1. The van der Waals surface area contributed by atoms with Crippen LogP contribution in [0.2, 0.25) is 0 Å². The van der Waals surface area contributed by atoms with Crippen molar-refractivity contribution < 1.29 is 28.0 Å². The number of H-pyrrole nitrogens is 1. The molecule has 2 aliphatic heterocycles. The van der Waals surface area contributed by atoms with Gasteiger partial charge < -0.3 is 25.0 Å². The smallest absolute Gasteiger partial charge is 0.293 e. The van der Waals surface area contributed by atoms with Gasteiger partial charge in [0.1, 0.15) is 22.8 Å². The van der Waals surface area contributed by atoms with Crippen LogP contribution in [0.25, 0.3) is 11.0 Å². The lowest BCUT2D eigenvalue weighted by Gasteiger charge is -2.56. The standard InChI is InChI=1S/C50H59N7O7S/c1-32-23-44(41-6-4-3-5-40(41)34-7-8-34)56(31-32)37-27-50(28-37)18-21-55(22-19-50)36-9-11-42(46(25-36)64-38-24-35-15-20-51-47(35)53-30-38)48(58)54-65(62,63)39-10-12-43(45(26-39)57(60)61)52-29-33-13-16-49(2,59)17-14-33/h3-6,9-12,15,20,24-26,30,32-34,37,44,52,59H,7-8,13-14,16-19,21-23,27-29,31H2,1-2H3,(H,51,53)(H,54,58). The van der Waals surface area contributed by atoms with Crippen molar-refractivity contribution in [2.75, 3.05) is 36.4 Å². The molecule has 0 radical (unpaired) electrons. The molecule has 1 amide bonds. The summed E-state index contributed by atoms with van der Waals surface area (Å²) in [5.41, 5.74) is 4.01. The first kappa shape index (κ1) is 43.4. The molecule has 5 aromatic rings. The second kappa shape index (κ2) is 17.0. The molecule has 2 atom stereocenters. The molecule has 3 aromatic carbocycles. The maximum atomic E-state index is 14.0. The first-order valence-corrected chi connectivity index (χ1v) is 24.9. The first-order chi connectivity index (χ1) is 31.2. The van der Waals surface area contributed by atoms with Crippen molar-refractivity contribution in [2.45, 2.75) is 113 Å². The van der Waals surface area contributed by atoms with E-state index in [1.807, 2.05) is 19.1 Å². The monoisotopic (exact) mass is 901 g/mol. The molecular formula is C50H59N7O7S. The van der Waals surface area contributed by atoms with Gasteiger partial charge in [-0.2, -0.15) is 0 Å². The zero-order chi connectivity index (χ0) is 45.1. The first-order valence-electron chi connectivity index (χ1n) is 23.4. The molecule has 5 aliphatic rings. The number of aliphatic hydroxyl groups is 1. The van der Waals surface area contributed by atoms with Gasteiger partial charge in [0.25, 0.3) is 21.6 Å². The Bertz CT molecular complexity index is 2710. The van der Waals surface area contributed by atoms with E-state index in [0.717, 1.165) is 68.4 Å². The van der Waals surface area contributed by atoms with Crippen LogP contribution < -0.4 is 19.7 Å². The van der Waals surface area contributed by atoms with Gasteiger partial charge in [-0.05, 0) is 148 Å². The number of aromatic nitrogens is 2. The fourth-order valence-electron chi connectivity index (χ4n) is 11.2. The van der Waals surface area contributed by atoms with Crippen molar-refractivity contribution in [3.8, 4) is 11.5 Å². The Kier molecular flexibility index (Phi) is 11.4. The Morgan fingerprint density at radius 2 is 1.74 bits per heavy atom. The number of piperidine rings is 1. The number of pyridine rings is 1. The molecule has 4 N–H and O–H groups in total. The van der Waals surface area contributed by atoms with Gasteiger partial charge in [0.05, 0.1) is 27.2 Å². The number of sulfonamides is 1. The van der Waals surface area contributed by atoms with Crippen LogP contribution in [-0.4, -0.2) is 77.0 Å². The Morgan fingerprint density at radius 3 is 2.48 bits per heavy atom. The summed E-state index contributed by atoms with van der Waals surface area (Å²) in [6.07, 6.45) is 14.5. The number of nitro benzene ring substituents is 1. The number of benzene rings is 3. The summed E-state index contributed by atoms with van der Waals surface area (Å²) < 4.78 is 36.0. The molecular weight excluding hydrogens is 843 g/mol. The molecule has 10 rings (SSSR count). The van der Waals surface area contributed by atoms with Crippen LogP contribution in [0.5, 0.6) is 11.5 Å². The van der Waals surface area contributed by atoms with E-state index in [2.05, 4.69) is 61.0 Å². The highest BCUT2D eigenvalue weighted by Gasteiger charge is 2.51.